The molecule has 0 radical (unpaired) electrons. The van der Waals surface area contributed by atoms with E-state index >= 15 is 0 Å². The van der Waals surface area contributed by atoms with Crippen molar-refractivity contribution in [1.29, 1.82) is 0 Å². The van der Waals surface area contributed by atoms with Crippen LogP contribution in [0.1, 0.15) is 11.1 Å². The lowest BCUT2D eigenvalue weighted by atomic mass is 10.1. The largest absolute Gasteiger partial charge is 0.488 e. The fourth-order valence-electron chi connectivity index (χ4n) is 2.37. The molecular formula is C18H18N2O2. The van der Waals surface area contributed by atoms with Gasteiger partial charge in [-0.3, -0.25) is 4.68 Å². The SMILES string of the molecule is Cn1nccc1-c1cc(CO)ccc1OCc1ccccc1. The summed E-state index contributed by atoms with van der Waals surface area (Å²) in [5.41, 5.74) is 3.86. The molecule has 1 aromatic heterocycles. The fourth-order valence-corrected chi connectivity index (χ4v) is 2.37. The predicted octanol–water partition coefficient (Wildman–Crippen LogP) is 3.16. The van der Waals surface area contributed by atoms with E-state index in [1.165, 1.54) is 0 Å². The van der Waals surface area contributed by atoms with Crippen LogP contribution < -0.4 is 4.74 Å². The van der Waals surface area contributed by atoms with Crippen LogP contribution in [0.4, 0.5) is 0 Å². The van der Waals surface area contributed by atoms with Gasteiger partial charge in [0.1, 0.15) is 12.4 Å². The van der Waals surface area contributed by atoms with Crippen molar-refractivity contribution in [3.05, 3.63) is 71.9 Å². The molecule has 0 bridgehead atoms. The number of aryl methyl sites for hydroxylation is 1. The summed E-state index contributed by atoms with van der Waals surface area (Å²) in [6, 6.07) is 17.7. The Morgan fingerprint density at radius 1 is 1.05 bits per heavy atom. The van der Waals surface area contributed by atoms with Crippen LogP contribution in [0.15, 0.2) is 60.8 Å². The zero-order valence-electron chi connectivity index (χ0n) is 12.4. The monoisotopic (exact) mass is 294 g/mol. The first-order chi connectivity index (χ1) is 10.8. The third-order valence-electron chi connectivity index (χ3n) is 3.56. The van der Waals surface area contributed by atoms with E-state index in [0.717, 1.165) is 28.1 Å². The van der Waals surface area contributed by atoms with Crippen LogP contribution in [0.2, 0.25) is 0 Å². The van der Waals surface area contributed by atoms with Gasteiger partial charge >= 0.3 is 0 Å². The third kappa shape index (κ3) is 3.02. The van der Waals surface area contributed by atoms with Crippen molar-refractivity contribution < 1.29 is 9.84 Å². The normalized spacial score (nSPS) is 10.6. The number of aromatic nitrogens is 2. The molecule has 0 saturated heterocycles. The first-order valence-corrected chi connectivity index (χ1v) is 7.17. The van der Waals surface area contributed by atoms with Gasteiger partial charge in [-0.2, -0.15) is 5.10 Å². The minimum atomic E-state index is 0.00379. The molecule has 0 saturated carbocycles. The number of benzene rings is 2. The maximum atomic E-state index is 9.36. The fraction of sp³-hybridized carbons (Fsp3) is 0.167. The highest BCUT2D eigenvalue weighted by Crippen LogP contribution is 2.31. The van der Waals surface area contributed by atoms with Crippen LogP contribution >= 0.6 is 0 Å². The molecule has 22 heavy (non-hydrogen) atoms. The summed E-state index contributed by atoms with van der Waals surface area (Å²) < 4.78 is 7.78. The molecule has 0 amide bonds. The van der Waals surface area contributed by atoms with Crippen LogP contribution in [0.5, 0.6) is 5.75 Å². The quantitative estimate of drug-likeness (QED) is 0.786. The summed E-state index contributed by atoms with van der Waals surface area (Å²) >= 11 is 0. The molecule has 0 spiro atoms. The van der Waals surface area contributed by atoms with Crippen molar-refractivity contribution >= 4 is 0 Å². The number of aliphatic hydroxyl groups is 1. The average Bonchev–Trinajstić information content (AvgIpc) is 2.99. The molecule has 0 fully saturated rings. The van der Waals surface area contributed by atoms with Gasteiger partial charge in [-0.15, -0.1) is 0 Å². The second-order valence-electron chi connectivity index (χ2n) is 5.10. The van der Waals surface area contributed by atoms with Gasteiger partial charge < -0.3 is 9.84 Å². The maximum absolute atomic E-state index is 9.36. The number of ether oxygens (including phenoxy) is 1. The number of hydrogen-bond donors (Lipinski definition) is 1. The number of hydrogen-bond acceptors (Lipinski definition) is 3. The lowest BCUT2D eigenvalue weighted by Gasteiger charge is -2.13. The molecule has 0 unspecified atom stereocenters. The van der Waals surface area contributed by atoms with Crippen LogP contribution in [0.25, 0.3) is 11.3 Å². The molecule has 4 nitrogen and oxygen atoms in total. The first-order valence-electron chi connectivity index (χ1n) is 7.17. The van der Waals surface area contributed by atoms with Gasteiger partial charge in [0, 0.05) is 18.8 Å². The summed E-state index contributed by atoms with van der Waals surface area (Å²) in [6.07, 6.45) is 1.75. The lowest BCUT2D eigenvalue weighted by molar-refractivity contribution is 0.281. The topological polar surface area (TPSA) is 47.3 Å². The van der Waals surface area contributed by atoms with Crippen LogP contribution in [0.3, 0.4) is 0 Å². The van der Waals surface area contributed by atoms with Gasteiger partial charge in [0.15, 0.2) is 0 Å². The van der Waals surface area contributed by atoms with E-state index in [1.54, 1.807) is 10.9 Å². The van der Waals surface area contributed by atoms with Gasteiger partial charge in [-0.25, -0.2) is 0 Å². The highest BCUT2D eigenvalue weighted by atomic mass is 16.5. The van der Waals surface area contributed by atoms with Crippen LogP contribution in [-0.2, 0) is 20.3 Å². The van der Waals surface area contributed by atoms with Crippen molar-refractivity contribution in [2.24, 2.45) is 7.05 Å². The predicted molar refractivity (Wildman–Crippen MR) is 85.3 cm³/mol. The van der Waals surface area contributed by atoms with Crippen molar-refractivity contribution in [3.63, 3.8) is 0 Å². The smallest absolute Gasteiger partial charge is 0.129 e. The molecule has 0 atom stereocenters. The van der Waals surface area contributed by atoms with Crippen molar-refractivity contribution in [2.45, 2.75) is 13.2 Å². The summed E-state index contributed by atoms with van der Waals surface area (Å²) in [5, 5.41) is 13.6. The summed E-state index contributed by atoms with van der Waals surface area (Å²) in [5.74, 6) is 0.782. The Bertz CT molecular complexity index is 751. The van der Waals surface area contributed by atoms with Gasteiger partial charge in [0.2, 0.25) is 0 Å². The molecule has 0 aliphatic heterocycles. The van der Waals surface area contributed by atoms with E-state index in [0.29, 0.717) is 6.61 Å². The Morgan fingerprint density at radius 3 is 2.55 bits per heavy atom. The molecule has 0 aliphatic carbocycles. The number of nitrogens with zero attached hydrogens (tertiary/aromatic N) is 2. The molecule has 112 valence electrons. The molecule has 0 aliphatic rings. The molecule has 3 rings (SSSR count). The summed E-state index contributed by atoms with van der Waals surface area (Å²) in [7, 11) is 1.89. The molecule has 1 N–H and O–H groups in total. The Labute approximate surface area is 129 Å². The Kier molecular flexibility index (Phi) is 4.21. The standard InChI is InChI=1S/C18H18N2O2/c1-20-17(9-10-19-20)16-11-15(12-21)7-8-18(16)22-13-14-5-3-2-4-6-14/h2-11,21H,12-13H2,1H3. The van der Waals surface area contributed by atoms with E-state index < -0.39 is 0 Å². The molecule has 3 aromatic rings. The van der Waals surface area contributed by atoms with Crippen LogP contribution in [-0.4, -0.2) is 14.9 Å². The summed E-state index contributed by atoms with van der Waals surface area (Å²) in [6.45, 7) is 0.508. The minimum absolute atomic E-state index is 0.00379. The van der Waals surface area contributed by atoms with Crippen molar-refractivity contribution in [3.8, 4) is 17.0 Å². The molecule has 1 heterocycles. The van der Waals surface area contributed by atoms with E-state index in [4.69, 9.17) is 4.74 Å². The summed E-state index contributed by atoms with van der Waals surface area (Å²) in [4.78, 5) is 0. The Morgan fingerprint density at radius 2 is 1.86 bits per heavy atom. The third-order valence-corrected chi connectivity index (χ3v) is 3.56. The van der Waals surface area contributed by atoms with Gasteiger partial charge in [-0.05, 0) is 29.3 Å². The Hall–Kier alpha value is -2.59. The molecule has 2 aromatic carbocycles. The molecule has 4 heteroatoms. The van der Waals surface area contributed by atoms with Gasteiger partial charge in [-0.1, -0.05) is 36.4 Å². The van der Waals surface area contributed by atoms with E-state index in [-0.39, 0.29) is 6.61 Å². The zero-order chi connectivity index (χ0) is 15.4. The zero-order valence-corrected chi connectivity index (χ0v) is 12.4. The van der Waals surface area contributed by atoms with Crippen molar-refractivity contribution in [2.75, 3.05) is 0 Å². The highest BCUT2D eigenvalue weighted by molar-refractivity contribution is 5.68. The Balaban J connectivity index is 1.92. The second kappa shape index (κ2) is 6.45. The van der Waals surface area contributed by atoms with Gasteiger partial charge in [0.25, 0.3) is 0 Å². The van der Waals surface area contributed by atoms with E-state index in [2.05, 4.69) is 5.10 Å². The maximum Gasteiger partial charge on any atom is 0.129 e. The van der Waals surface area contributed by atoms with E-state index in [9.17, 15) is 5.11 Å². The first kappa shape index (κ1) is 14.4. The van der Waals surface area contributed by atoms with Crippen molar-refractivity contribution in [1.82, 2.24) is 9.78 Å². The van der Waals surface area contributed by atoms with Crippen LogP contribution in [0, 0.1) is 0 Å². The lowest BCUT2D eigenvalue weighted by Crippen LogP contribution is -2.00. The highest BCUT2D eigenvalue weighted by Gasteiger charge is 2.11. The number of rotatable bonds is 5. The van der Waals surface area contributed by atoms with E-state index in [1.807, 2.05) is 61.6 Å². The average molecular weight is 294 g/mol. The van der Waals surface area contributed by atoms with Gasteiger partial charge in [0.05, 0.1) is 12.3 Å². The molecular weight excluding hydrogens is 276 g/mol. The number of aliphatic hydroxyl groups excluding tert-OH is 1. The second-order valence-corrected chi connectivity index (χ2v) is 5.10. The minimum Gasteiger partial charge on any atom is -0.488 e.